The first-order chi connectivity index (χ1) is 4.81. The maximum absolute atomic E-state index is 9.93. The van der Waals surface area contributed by atoms with Crippen molar-refractivity contribution in [3.63, 3.8) is 0 Å². The Morgan fingerprint density at radius 2 is 2.22 bits per heavy atom. The van der Waals surface area contributed by atoms with Crippen molar-refractivity contribution in [2.75, 3.05) is 0 Å². The first kappa shape index (κ1) is 6.79. The summed E-state index contributed by atoms with van der Waals surface area (Å²) < 4.78 is 7.32. The molecule has 0 saturated heterocycles. The monoisotopic (exact) mass is 129 g/mol. The van der Waals surface area contributed by atoms with Gasteiger partial charge in [0, 0.05) is 7.79 Å². The Morgan fingerprint density at radius 3 is 2.78 bits per heavy atom. The first-order valence-corrected chi connectivity index (χ1v) is 3.67. The molecule has 1 heteroatoms. The van der Waals surface area contributed by atoms with E-state index in [0.717, 1.165) is 19.1 Å². The van der Waals surface area contributed by atoms with E-state index in [9.17, 15) is 4.79 Å². The maximum atomic E-state index is 9.93. The van der Waals surface area contributed by atoms with Gasteiger partial charge in [-0.25, -0.2) is 0 Å². The molecule has 0 aliphatic rings. The molecule has 0 spiro atoms. The smallest absolute Gasteiger partial charge is 0.119 e. The van der Waals surface area contributed by atoms with Crippen molar-refractivity contribution in [2.45, 2.75) is 45.4 Å². The van der Waals surface area contributed by atoms with Gasteiger partial charge >= 0.3 is 0 Å². The number of carbonyl (C=O) groups is 1. The third-order valence-electron chi connectivity index (χ3n) is 1.27. The Balaban J connectivity index is 3.04. The lowest BCUT2D eigenvalue weighted by atomic mass is 10.1. The number of carbonyl (C=O) groups excluding carboxylic acids is 1. The summed E-state index contributed by atoms with van der Waals surface area (Å²) >= 11 is 0. The third-order valence-corrected chi connectivity index (χ3v) is 1.27. The van der Waals surface area contributed by atoms with Crippen molar-refractivity contribution in [3.05, 3.63) is 0 Å². The molecule has 0 heterocycles. The number of hydrogen-bond donors (Lipinski definition) is 0. The van der Waals surface area contributed by atoms with Crippen molar-refractivity contribution >= 4 is 6.29 Å². The van der Waals surface area contributed by atoms with Crippen LogP contribution in [0.2, 0.25) is 0 Å². The SMILES string of the molecule is [2H]C(CC=O)CCCCC. The van der Waals surface area contributed by atoms with Crippen LogP contribution in [-0.2, 0) is 4.79 Å². The molecule has 0 aromatic carbocycles. The molecule has 0 amide bonds. The molecule has 0 aromatic rings. The molecule has 0 N–H and O–H groups in total. The van der Waals surface area contributed by atoms with Gasteiger partial charge in [0.25, 0.3) is 0 Å². The second kappa shape index (κ2) is 7.67. The highest BCUT2D eigenvalue weighted by atomic mass is 16.1. The summed E-state index contributed by atoms with van der Waals surface area (Å²) in [5.41, 5.74) is 0. The van der Waals surface area contributed by atoms with Gasteiger partial charge in [0.05, 0.1) is 0 Å². The molecule has 0 saturated carbocycles. The van der Waals surface area contributed by atoms with Crippen LogP contribution in [0.4, 0.5) is 0 Å². The molecule has 0 fully saturated rings. The van der Waals surface area contributed by atoms with E-state index < -0.39 is 0 Å². The van der Waals surface area contributed by atoms with E-state index >= 15 is 0 Å². The predicted octanol–water partition coefficient (Wildman–Crippen LogP) is 2.55. The summed E-state index contributed by atoms with van der Waals surface area (Å²) in [4.78, 5) is 9.93. The van der Waals surface area contributed by atoms with Gasteiger partial charge in [0.1, 0.15) is 6.29 Å². The molecule has 1 atom stereocenters. The molecule has 1 nitrogen and oxygen atoms in total. The quantitative estimate of drug-likeness (QED) is 0.398. The summed E-state index contributed by atoms with van der Waals surface area (Å²) in [5.74, 6) is 0. The van der Waals surface area contributed by atoms with E-state index in [1.165, 1.54) is 12.8 Å². The minimum atomic E-state index is -0.149. The standard InChI is InChI=1S/C8H16O/c1-2-3-4-5-6-7-8-9/h8H,2-7H2,1H3/i6D. The highest BCUT2D eigenvalue weighted by Gasteiger charge is 1.85. The maximum Gasteiger partial charge on any atom is 0.119 e. The number of hydrogen-bond acceptors (Lipinski definition) is 1. The van der Waals surface area contributed by atoms with E-state index in [4.69, 9.17) is 1.37 Å². The van der Waals surface area contributed by atoms with E-state index in [1.807, 2.05) is 0 Å². The summed E-state index contributed by atoms with van der Waals surface area (Å²) in [5, 5.41) is 0. The second-order valence-electron chi connectivity index (χ2n) is 2.19. The van der Waals surface area contributed by atoms with Gasteiger partial charge in [-0.15, -0.1) is 0 Å². The fraction of sp³-hybridized carbons (Fsp3) is 0.875. The Morgan fingerprint density at radius 1 is 1.44 bits per heavy atom. The fourth-order valence-corrected chi connectivity index (χ4v) is 0.725. The average molecular weight is 129 g/mol. The molecule has 0 aromatic heterocycles. The van der Waals surface area contributed by atoms with Gasteiger partial charge in [0.15, 0.2) is 0 Å². The zero-order valence-corrected chi connectivity index (χ0v) is 6.10. The molecule has 0 bridgehead atoms. The van der Waals surface area contributed by atoms with Gasteiger partial charge in [-0.05, 0) is 6.40 Å². The van der Waals surface area contributed by atoms with E-state index in [0.29, 0.717) is 6.42 Å². The van der Waals surface area contributed by atoms with Crippen molar-refractivity contribution < 1.29 is 6.17 Å². The molecular weight excluding hydrogens is 112 g/mol. The van der Waals surface area contributed by atoms with Crippen molar-refractivity contribution in [1.29, 1.82) is 0 Å². The lowest BCUT2D eigenvalue weighted by molar-refractivity contribution is -0.107. The van der Waals surface area contributed by atoms with E-state index in [1.54, 1.807) is 0 Å². The van der Waals surface area contributed by atoms with Gasteiger partial charge in [-0.3, -0.25) is 0 Å². The second-order valence-corrected chi connectivity index (χ2v) is 2.19. The zero-order valence-electron chi connectivity index (χ0n) is 7.10. The lowest BCUT2D eigenvalue weighted by Gasteiger charge is -1.93. The molecule has 1 unspecified atom stereocenters. The molecule has 54 valence electrons. The predicted molar refractivity (Wildman–Crippen MR) is 39.4 cm³/mol. The molecule has 0 rings (SSSR count). The minimum Gasteiger partial charge on any atom is -0.303 e. The zero-order chi connectivity index (χ0) is 7.82. The molecular formula is C8H16O. The molecule has 9 heavy (non-hydrogen) atoms. The van der Waals surface area contributed by atoms with Gasteiger partial charge < -0.3 is 4.79 Å². The van der Waals surface area contributed by atoms with Crippen molar-refractivity contribution in [3.8, 4) is 0 Å². The van der Waals surface area contributed by atoms with Crippen LogP contribution >= 0.6 is 0 Å². The summed E-state index contributed by atoms with van der Waals surface area (Å²) in [6, 6.07) is 0. The van der Waals surface area contributed by atoms with Crippen LogP contribution in [-0.4, -0.2) is 6.29 Å². The minimum absolute atomic E-state index is 0.149. The lowest BCUT2D eigenvalue weighted by Crippen LogP contribution is -1.78. The summed E-state index contributed by atoms with van der Waals surface area (Å²) in [6.45, 7) is 2.14. The Bertz CT molecular complexity index is 83.3. The van der Waals surface area contributed by atoms with E-state index in [2.05, 4.69) is 6.92 Å². The largest absolute Gasteiger partial charge is 0.303 e. The van der Waals surface area contributed by atoms with Crippen LogP contribution in [0.15, 0.2) is 0 Å². The van der Waals surface area contributed by atoms with Crippen molar-refractivity contribution in [2.24, 2.45) is 0 Å². The molecule has 0 aliphatic carbocycles. The van der Waals surface area contributed by atoms with Crippen molar-refractivity contribution in [1.82, 2.24) is 0 Å². The van der Waals surface area contributed by atoms with Crippen LogP contribution in [0, 0.1) is 0 Å². The van der Waals surface area contributed by atoms with Gasteiger partial charge in [-0.1, -0.05) is 32.6 Å². The normalized spacial score (nSPS) is 14.6. The van der Waals surface area contributed by atoms with Crippen LogP contribution < -0.4 is 0 Å². The van der Waals surface area contributed by atoms with Gasteiger partial charge in [0.2, 0.25) is 0 Å². The Kier molecular flexibility index (Phi) is 5.78. The highest BCUT2D eigenvalue weighted by molar-refractivity contribution is 5.48. The summed E-state index contributed by atoms with van der Waals surface area (Å²) in [7, 11) is 0. The number of aldehydes is 1. The Hall–Kier alpha value is -0.330. The fourth-order valence-electron chi connectivity index (χ4n) is 0.725. The number of rotatable bonds is 6. The topological polar surface area (TPSA) is 17.1 Å². The first-order valence-electron chi connectivity index (χ1n) is 4.24. The molecule has 0 aliphatic heterocycles. The summed E-state index contributed by atoms with van der Waals surface area (Å²) in [6.07, 6.45) is 5.45. The van der Waals surface area contributed by atoms with E-state index in [-0.39, 0.29) is 6.40 Å². The Labute approximate surface area is 58.9 Å². The number of unbranched alkanes of at least 4 members (excludes halogenated alkanes) is 2. The van der Waals surface area contributed by atoms with Crippen LogP contribution in [0.25, 0.3) is 0 Å². The highest BCUT2D eigenvalue weighted by Crippen LogP contribution is 2.02. The average Bonchev–Trinajstić information content (AvgIpc) is 1.89. The molecule has 0 radical (unpaired) electrons. The van der Waals surface area contributed by atoms with Crippen LogP contribution in [0.3, 0.4) is 0 Å². The van der Waals surface area contributed by atoms with Gasteiger partial charge in [-0.2, -0.15) is 0 Å². The third kappa shape index (κ3) is 7.67. The van der Waals surface area contributed by atoms with Crippen LogP contribution in [0.1, 0.15) is 46.8 Å². The van der Waals surface area contributed by atoms with Crippen LogP contribution in [0.5, 0.6) is 0 Å².